The van der Waals surface area contributed by atoms with Crippen molar-refractivity contribution in [2.24, 2.45) is 0 Å². The SMILES string of the molecule is COc1ccc([C@H]2CCCN2CC(=O)NCC(=O)Nc2c(C)cc(C)cc2C)c(OC)c1. The highest BCUT2D eigenvalue weighted by Crippen LogP contribution is 2.38. The van der Waals surface area contributed by atoms with Crippen molar-refractivity contribution in [2.75, 3.05) is 39.2 Å². The summed E-state index contributed by atoms with van der Waals surface area (Å²) in [7, 11) is 3.26. The van der Waals surface area contributed by atoms with E-state index in [0.29, 0.717) is 0 Å². The Bertz CT molecular complexity index is 966. The third-order valence-corrected chi connectivity index (χ3v) is 5.90. The highest BCUT2D eigenvalue weighted by Gasteiger charge is 2.30. The predicted octanol–water partition coefficient (Wildman–Crippen LogP) is 3.52. The molecule has 3 rings (SSSR count). The van der Waals surface area contributed by atoms with Crippen LogP contribution in [0.25, 0.3) is 0 Å². The molecule has 1 aliphatic rings. The maximum Gasteiger partial charge on any atom is 0.243 e. The Morgan fingerprint density at radius 3 is 2.41 bits per heavy atom. The lowest BCUT2D eigenvalue weighted by molar-refractivity contribution is -0.125. The molecule has 7 nitrogen and oxygen atoms in total. The summed E-state index contributed by atoms with van der Waals surface area (Å²) in [5.41, 5.74) is 5.02. The molecule has 2 N–H and O–H groups in total. The van der Waals surface area contributed by atoms with Crippen LogP contribution in [0.3, 0.4) is 0 Å². The Kier molecular flexibility index (Phi) is 7.75. The average Bonchev–Trinajstić information content (AvgIpc) is 3.22. The van der Waals surface area contributed by atoms with Crippen LogP contribution in [0.5, 0.6) is 11.5 Å². The van der Waals surface area contributed by atoms with Crippen molar-refractivity contribution in [1.82, 2.24) is 10.2 Å². The van der Waals surface area contributed by atoms with Gasteiger partial charge in [0.15, 0.2) is 0 Å². The van der Waals surface area contributed by atoms with Crippen molar-refractivity contribution in [3.05, 3.63) is 52.6 Å². The van der Waals surface area contributed by atoms with E-state index in [-0.39, 0.29) is 30.9 Å². The highest BCUT2D eigenvalue weighted by molar-refractivity contribution is 5.96. The molecule has 32 heavy (non-hydrogen) atoms. The second-order valence-corrected chi connectivity index (χ2v) is 8.34. The first-order valence-electron chi connectivity index (χ1n) is 10.9. The van der Waals surface area contributed by atoms with Gasteiger partial charge in [-0.05, 0) is 57.4 Å². The van der Waals surface area contributed by atoms with E-state index in [1.54, 1.807) is 14.2 Å². The number of hydrogen-bond acceptors (Lipinski definition) is 5. The molecule has 0 radical (unpaired) electrons. The number of carbonyl (C=O) groups excluding carboxylic acids is 2. The van der Waals surface area contributed by atoms with E-state index in [1.807, 2.05) is 51.1 Å². The number of amides is 2. The molecule has 0 bridgehead atoms. The second-order valence-electron chi connectivity index (χ2n) is 8.34. The van der Waals surface area contributed by atoms with Crippen molar-refractivity contribution in [2.45, 2.75) is 39.7 Å². The first kappa shape index (κ1) is 23.6. The van der Waals surface area contributed by atoms with Crippen molar-refractivity contribution in [3.63, 3.8) is 0 Å². The summed E-state index contributed by atoms with van der Waals surface area (Å²) in [6, 6.07) is 9.93. The predicted molar refractivity (Wildman–Crippen MR) is 125 cm³/mol. The summed E-state index contributed by atoms with van der Waals surface area (Å²) in [4.78, 5) is 27.1. The minimum Gasteiger partial charge on any atom is -0.497 e. The number of anilines is 1. The maximum atomic E-state index is 12.6. The summed E-state index contributed by atoms with van der Waals surface area (Å²) in [6.45, 7) is 6.95. The monoisotopic (exact) mass is 439 g/mol. The first-order chi connectivity index (χ1) is 15.3. The van der Waals surface area contributed by atoms with E-state index in [2.05, 4.69) is 15.5 Å². The van der Waals surface area contributed by atoms with E-state index in [0.717, 1.165) is 58.8 Å². The molecular formula is C25H33N3O4. The van der Waals surface area contributed by atoms with Gasteiger partial charge in [0.2, 0.25) is 11.8 Å². The molecule has 1 fully saturated rings. The second kappa shape index (κ2) is 10.5. The summed E-state index contributed by atoms with van der Waals surface area (Å²) in [6.07, 6.45) is 1.95. The van der Waals surface area contributed by atoms with E-state index in [4.69, 9.17) is 9.47 Å². The molecule has 0 aromatic heterocycles. The van der Waals surface area contributed by atoms with Crippen LogP contribution in [-0.2, 0) is 9.59 Å². The van der Waals surface area contributed by atoms with Crippen LogP contribution in [0.1, 0.15) is 41.1 Å². The van der Waals surface area contributed by atoms with Crippen LogP contribution >= 0.6 is 0 Å². The topological polar surface area (TPSA) is 79.9 Å². The molecule has 0 aliphatic carbocycles. The van der Waals surface area contributed by atoms with E-state index < -0.39 is 0 Å². The molecular weight excluding hydrogens is 406 g/mol. The number of nitrogens with one attached hydrogen (secondary N) is 2. The Labute approximate surface area is 190 Å². The molecule has 2 amide bonds. The fourth-order valence-electron chi connectivity index (χ4n) is 4.44. The van der Waals surface area contributed by atoms with Crippen molar-refractivity contribution in [1.29, 1.82) is 0 Å². The number of carbonyl (C=O) groups is 2. The normalized spacial score (nSPS) is 16.0. The molecule has 2 aromatic rings. The Morgan fingerprint density at radius 1 is 1.03 bits per heavy atom. The van der Waals surface area contributed by atoms with Crippen molar-refractivity contribution >= 4 is 17.5 Å². The molecule has 1 heterocycles. The number of hydrogen-bond donors (Lipinski definition) is 2. The maximum absolute atomic E-state index is 12.6. The van der Waals surface area contributed by atoms with Gasteiger partial charge >= 0.3 is 0 Å². The fraction of sp³-hybridized carbons (Fsp3) is 0.440. The van der Waals surface area contributed by atoms with E-state index in [1.165, 1.54) is 0 Å². The van der Waals surface area contributed by atoms with Gasteiger partial charge in [-0.2, -0.15) is 0 Å². The molecule has 1 atom stereocenters. The van der Waals surface area contributed by atoms with Gasteiger partial charge in [0.05, 0.1) is 27.3 Å². The third-order valence-electron chi connectivity index (χ3n) is 5.90. The van der Waals surface area contributed by atoms with Crippen molar-refractivity contribution < 1.29 is 19.1 Å². The lowest BCUT2D eigenvalue weighted by Gasteiger charge is -2.25. The van der Waals surface area contributed by atoms with Gasteiger partial charge in [-0.15, -0.1) is 0 Å². The Balaban J connectivity index is 1.57. The van der Waals surface area contributed by atoms with Crippen LogP contribution in [0.2, 0.25) is 0 Å². The largest absolute Gasteiger partial charge is 0.497 e. The van der Waals surface area contributed by atoms with Crippen LogP contribution in [-0.4, -0.2) is 50.6 Å². The highest BCUT2D eigenvalue weighted by atomic mass is 16.5. The van der Waals surface area contributed by atoms with E-state index >= 15 is 0 Å². The minimum absolute atomic E-state index is 0.0596. The Morgan fingerprint density at radius 2 is 1.75 bits per heavy atom. The number of ether oxygens (including phenoxy) is 2. The smallest absolute Gasteiger partial charge is 0.243 e. The number of methoxy groups -OCH3 is 2. The fourth-order valence-corrected chi connectivity index (χ4v) is 4.44. The van der Waals surface area contributed by atoms with Gasteiger partial charge in [0.1, 0.15) is 11.5 Å². The van der Waals surface area contributed by atoms with Gasteiger partial charge in [-0.3, -0.25) is 14.5 Å². The van der Waals surface area contributed by atoms with Crippen LogP contribution in [0, 0.1) is 20.8 Å². The van der Waals surface area contributed by atoms with Gasteiger partial charge < -0.3 is 20.1 Å². The summed E-state index contributed by atoms with van der Waals surface area (Å²) >= 11 is 0. The molecule has 7 heteroatoms. The van der Waals surface area contributed by atoms with Gasteiger partial charge in [0, 0.05) is 23.4 Å². The average molecular weight is 440 g/mol. The summed E-state index contributed by atoms with van der Waals surface area (Å²) < 4.78 is 10.8. The zero-order chi connectivity index (χ0) is 23.3. The summed E-state index contributed by atoms with van der Waals surface area (Å²) in [5, 5.41) is 5.67. The summed E-state index contributed by atoms with van der Waals surface area (Å²) in [5.74, 6) is 1.09. The standard InChI is InChI=1S/C25H33N3O4/c1-16-11-17(2)25(18(3)12-16)27-23(29)14-26-24(30)15-28-10-6-7-21(28)20-9-8-19(31-4)13-22(20)32-5/h8-9,11-13,21H,6-7,10,14-15H2,1-5H3,(H,26,30)(H,27,29)/t21-/m1/s1. The number of rotatable bonds is 8. The van der Waals surface area contributed by atoms with Crippen LogP contribution < -0.4 is 20.1 Å². The molecule has 0 unspecified atom stereocenters. The molecule has 0 spiro atoms. The number of nitrogens with zero attached hydrogens (tertiary/aromatic N) is 1. The lowest BCUT2D eigenvalue weighted by Crippen LogP contribution is -2.40. The molecule has 1 aliphatic heterocycles. The zero-order valence-electron chi connectivity index (χ0n) is 19.6. The molecule has 2 aromatic carbocycles. The quantitative estimate of drug-likeness (QED) is 0.658. The van der Waals surface area contributed by atoms with E-state index in [9.17, 15) is 9.59 Å². The number of likely N-dealkylation sites (tertiary alicyclic amines) is 1. The van der Waals surface area contributed by atoms with Crippen LogP contribution in [0.4, 0.5) is 5.69 Å². The minimum atomic E-state index is -0.233. The molecule has 1 saturated heterocycles. The molecule has 0 saturated carbocycles. The zero-order valence-corrected chi connectivity index (χ0v) is 19.6. The van der Waals surface area contributed by atoms with Gasteiger partial charge in [-0.1, -0.05) is 23.8 Å². The molecule has 172 valence electrons. The van der Waals surface area contributed by atoms with Crippen molar-refractivity contribution in [3.8, 4) is 11.5 Å². The number of aryl methyl sites for hydroxylation is 3. The lowest BCUT2D eigenvalue weighted by atomic mass is 10.0. The first-order valence-corrected chi connectivity index (χ1v) is 10.9. The Hall–Kier alpha value is -3.06. The van der Waals surface area contributed by atoms with Gasteiger partial charge in [0.25, 0.3) is 0 Å². The number of benzene rings is 2. The third kappa shape index (κ3) is 5.59. The van der Waals surface area contributed by atoms with Crippen LogP contribution in [0.15, 0.2) is 30.3 Å². The van der Waals surface area contributed by atoms with Gasteiger partial charge in [-0.25, -0.2) is 0 Å².